The Kier molecular flexibility index (Phi) is 4.27. The van der Waals surface area contributed by atoms with Gasteiger partial charge in [0.2, 0.25) is 0 Å². The lowest BCUT2D eigenvalue weighted by Crippen LogP contribution is -2.08. The van der Waals surface area contributed by atoms with E-state index in [4.69, 9.17) is 18.9 Å². The Morgan fingerprint density at radius 1 is 0.966 bits per heavy atom. The molecule has 1 aliphatic carbocycles. The molecule has 2 aliphatic heterocycles. The Morgan fingerprint density at radius 3 is 2.34 bits per heavy atom. The molecular formula is C25H28O4. The third-order valence-electron chi connectivity index (χ3n) is 6.63. The summed E-state index contributed by atoms with van der Waals surface area (Å²) in [5.74, 6) is 6.59. The lowest BCUT2D eigenvalue weighted by molar-refractivity contribution is 0.398. The number of benzene rings is 2. The number of fused-ring (bicyclic) bond motifs is 2. The third-order valence-corrected chi connectivity index (χ3v) is 6.63. The van der Waals surface area contributed by atoms with Crippen molar-refractivity contribution in [2.75, 3.05) is 14.2 Å². The van der Waals surface area contributed by atoms with Crippen LogP contribution in [-0.4, -0.2) is 14.2 Å². The van der Waals surface area contributed by atoms with Gasteiger partial charge in [0.25, 0.3) is 0 Å². The molecule has 1 unspecified atom stereocenters. The Morgan fingerprint density at radius 2 is 1.72 bits per heavy atom. The normalized spacial score (nSPS) is 18.1. The van der Waals surface area contributed by atoms with E-state index in [9.17, 15) is 0 Å². The predicted octanol–water partition coefficient (Wildman–Crippen LogP) is 6.70. The molecule has 2 aromatic rings. The molecule has 152 valence electrons. The lowest BCUT2D eigenvalue weighted by Gasteiger charge is -2.26. The molecule has 4 heteroatoms. The molecule has 0 radical (unpaired) electrons. The molecule has 1 atom stereocenters. The van der Waals surface area contributed by atoms with Crippen molar-refractivity contribution < 1.29 is 18.9 Å². The van der Waals surface area contributed by atoms with E-state index in [1.54, 1.807) is 14.2 Å². The van der Waals surface area contributed by atoms with Gasteiger partial charge in [0, 0.05) is 27.8 Å². The standard InChI is InChI=1S/C25H28O4/c1-6-16-20(21(26-4)13(3)22-25(16)29-22)15-10-8-14(9-11-15)18-12-19-24(28-19)17(7-2)23(18)27-5/h10,12,14H,6-9,11H2,1-5H3. The molecule has 5 rings (SSSR count). The zero-order valence-corrected chi connectivity index (χ0v) is 17.9. The van der Waals surface area contributed by atoms with Crippen LogP contribution in [0, 0.1) is 6.92 Å². The summed E-state index contributed by atoms with van der Waals surface area (Å²) in [5, 5.41) is 0. The highest BCUT2D eigenvalue weighted by atomic mass is 16.6. The van der Waals surface area contributed by atoms with E-state index in [1.807, 2.05) is 0 Å². The van der Waals surface area contributed by atoms with Gasteiger partial charge in [0.1, 0.15) is 11.5 Å². The maximum absolute atomic E-state index is 5.83. The maximum Gasteiger partial charge on any atom is 0.177 e. The van der Waals surface area contributed by atoms with Crippen LogP contribution < -0.4 is 18.9 Å². The number of hydrogen-bond acceptors (Lipinski definition) is 4. The number of methoxy groups -OCH3 is 2. The molecule has 0 spiro atoms. The monoisotopic (exact) mass is 392 g/mol. The average Bonchev–Trinajstić information content (AvgIpc) is 3.66. The second-order valence-corrected chi connectivity index (χ2v) is 8.09. The highest BCUT2D eigenvalue weighted by Gasteiger charge is 2.36. The van der Waals surface area contributed by atoms with Gasteiger partial charge in [0.15, 0.2) is 23.0 Å². The van der Waals surface area contributed by atoms with E-state index >= 15 is 0 Å². The Hall–Kier alpha value is -2.62. The molecule has 2 aromatic carbocycles. The molecule has 29 heavy (non-hydrogen) atoms. The van der Waals surface area contributed by atoms with Gasteiger partial charge in [0.05, 0.1) is 14.2 Å². The van der Waals surface area contributed by atoms with Crippen molar-refractivity contribution in [3.8, 4) is 34.5 Å². The van der Waals surface area contributed by atoms with E-state index in [0.717, 1.165) is 72.2 Å². The molecule has 3 aliphatic rings. The van der Waals surface area contributed by atoms with Crippen LogP contribution >= 0.6 is 0 Å². The van der Waals surface area contributed by atoms with Crippen LogP contribution in [0.1, 0.15) is 66.8 Å². The number of rotatable bonds is 6. The summed E-state index contributed by atoms with van der Waals surface area (Å²) < 4.78 is 23.1. The molecule has 0 bridgehead atoms. The summed E-state index contributed by atoms with van der Waals surface area (Å²) >= 11 is 0. The summed E-state index contributed by atoms with van der Waals surface area (Å²) in [6, 6.07) is 2.19. The molecule has 0 amide bonds. The fourth-order valence-electron chi connectivity index (χ4n) is 5.08. The van der Waals surface area contributed by atoms with Gasteiger partial charge in [-0.2, -0.15) is 0 Å². The topological polar surface area (TPSA) is 43.5 Å². The zero-order valence-electron chi connectivity index (χ0n) is 17.9. The van der Waals surface area contributed by atoms with Crippen LogP contribution in [0.25, 0.3) is 5.57 Å². The van der Waals surface area contributed by atoms with Crippen molar-refractivity contribution in [1.29, 1.82) is 0 Å². The summed E-state index contributed by atoms with van der Waals surface area (Å²) in [7, 11) is 3.54. The maximum atomic E-state index is 5.83. The van der Waals surface area contributed by atoms with E-state index in [2.05, 4.69) is 32.9 Å². The van der Waals surface area contributed by atoms with Gasteiger partial charge >= 0.3 is 0 Å². The summed E-state index contributed by atoms with van der Waals surface area (Å²) in [4.78, 5) is 0. The third kappa shape index (κ3) is 2.72. The predicted molar refractivity (Wildman–Crippen MR) is 114 cm³/mol. The minimum atomic E-state index is 0.450. The van der Waals surface area contributed by atoms with Crippen molar-refractivity contribution in [3.63, 3.8) is 0 Å². The minimum Gasteiger partial charge on any atom is -0.496 e. The van der Waals surface area contributed by atoms with Gasteiger partial charge in [-0.3, -0.25) is 0 Å². The molecule has 0 aromatic heterocycles. The van der Waals surface area contributed by atoms with Crippen molar-refractivity contribution in [2.45, 2.75) is 58.8 Å². The number of allylic oxidation sites excluding steroid dienone is 2. The summed E-state index contributed by atoms with van der Waals surface area (Å²) in [5.41, 5.74) is 7.55. The van der Waals surface area contributed by atoms with E-state index < -0.39 is 0 Å². The van der Waals surface area contributed by atoms with Crippen LogP contribution in [-0.2, 0) is 12.8 Å². The Labute approximate surface area is 172 Å². The van der Waals surface area contributed by atoms with Gasteiger partial charge in [-0.15, -0.1) is 0 Å². The SMILES string of the molecule is CCc1c2c(cc(C3CC=C(c4c(CC)c5c(c(C)c4OC)O5)CC3)c1OC)O2. The highest BCUT2D eigenvalue weighted by molar-refractivity contribution is 5.83. The Balaban J connectivity index is 1.50. The molecule has 0 saturated heterocycles. The fraction of sp³-hybridized carbons (Fsp3) is 0.440. The van der Waals surface area contributed by atoms with Crippen LogP contribution in [0.15, 0.2) is 12.1 Å². The van der Waals surface area contributed by atoms with E-state index in [0.29, 0.717) is 5.92 Å². The highest BCUT2D eigenvalue weighted by Crippen LogP contribution is 2.59. The first-order chi connectivity index (χ1) is 14.1. The first kappa shape index (κ1) is 18.4. The second-order valence-electron chi connectivity index (χ2n) is 8.09. The van der Waals surface area contributed by atoms with Crippen molar-refractivity contribution in [1.82, 2.24) is 0 Å². The molecule has 4 nitrogen and oxygen atoms in total. The Bertz CT molecular complexity index is 1050. The zero-order chi connectivity index (χ0) is 20.3. The molecule has 0 fully saturated rings. The smallest absolute Gasteiger partial charge is 0.177 e. The number of ether oxygens (including phenoxy) is 4. The first-order valence-electron chi connectivity index (χ1n) is 10.6. The van der Waals surface area contributed by atoms with Crippen LogP contribution in [0.5, 0.6) is 34.5 Å². The molecule has 0 saturated carbocycles. The van der Waals surface area contributed by atoms with Gasteiger partial charge in [-0.1, -0.05) is 19.9 Å². The fourth-order valence-corrected chi connectivity index (χ4v) is 5.08. The first-order valence-corrected chi connectivity index (χ1v) is 10.6. The molecule has 2 heterocycles. The summed E-state index contributed by atoms with van der Waals surface area (Å²) in [6.07, 6.45) is 7.39. The number of hydrogen-bond donors (Lipinski definition) is 0. The van der Waals surface area contributed by atoms with Gasteiger partial charge < -0.3 is 18.9 Å². The van der Waals surface area contributed by atoms with Crippen molar-refractivity contribution >= 4 is 5.57 Å². The van der Waals surface area contributed by atoms with E-state index in [1.165, 1.54) is 27.8 Å². The van der Waals surface area contributed by atoms with Crippen LogP contribution in [0.4, 0.5) is 0 Å². The lowest BCUT2D eigenvalue weighted by atomic mass is 9.80. The van der Waals surface area contributed by atoms with Gasteiger partial charge in [-0.25, -0.2) is 0 Å². The van der Waals surface area contributed by atoms with Crippen LogP contribution in [0.2, 0.25) is 0 Å². The largest absolute Gasteiger partial charge is 0.496 e. The van der Waals surface area contributed by atoms with Crippen molar-refractivity contribution in [2.24, 2.45) is 0 Å². The second kappa shape index (κ2) is 6.72. The summed E-state index contributed by atoms with van der Waals surface area (Å²) in [6.45, 7) is 6.45. The minimum absolute atomic E-state index is 0.450. The van der Waals surface area contributed by atoms with Crippen molar-refractivity contribution in [3.05, 3.63) is 40.0 Å². The van der Waals surface area contributed by atoms with Gasteiger partial charge in [-0.05, 0) is 56.6 Å². The average molecular weight is 392 g/mol. The molecular weight excluding hydrogens is 364 g/mol. The molecule has 0 N–H and O–H groups in total. The quantitative estimate of drug-likeness (QED) is 0.342. The van der Waals surface area contributed by atoms with Crippen LogP contribution in [0.3, 0.4) is 0 Å². The van der Waals surface area contributed by atoms with E-state index in [-0.39, 0.29) is 0 Å².